The SMILES string of the molecule is CCOC(=O)Cn1c(=O)n2nc(-c3ccc(C)cc3)c(=O)nc2c2ccccc21. The molecule has 0 fully saturated rings. The molecule has 0 spiro atoms. The molecule has 0 N–H and O–H groups in total. The van der Waals surface area contributed by atoms with Crippen molar-refractivity contribution in [1.82, 2.24) is 19.2 Å². The first kappa shape index (κ1) is 18.5. The Morgan fingerprint density at radius 1 is 1.07 bits per heavy atom. The molecule has 0 aliphatic rings. The molecule has 4 rings (SSSR count). The number of carbonyl (C=O) groups is 1. The van der Waals surface area contributed by atoms with Gasteiger partial charge in [0.2, 0.25) is 0 Å². The van der Waals surface area contributed by atoms with E-state index in [0.29, 0.717) is 16.5 Å². The normalized spacial score (nSPS) is 11.1. The molecule has 0 unspecified atom stereocenters. The summed E-state index contributed by atoms with van der Waals surface area (Å²) in [7, 11) is 0. The largest absolute Gasteiger partial charge is 0.465 e. The van der Waals surface area contributed by atoms with E-state index < -0.39 is 17.2 Å². The van der Waals surface area contributed by atoms with E-state index in [9.17, 15) is 14.4 Å². The lowest BCUT2D eigenvalue weighted by atomic mass is 10.1. The second-order valence-corrected chi connectivity index (χ2v) is 6.56. The fourth-order valence-corrected chi connectivity index (χ4v) is 3.19. The number of fused-ring (bicyclic) bond motifs is 3. The van der Waals surface area contributed by atoms with Crippen molar-refractivity contribution >= 4 is 22.5 Å². The van der Waals surface area contributed by atoms with Crippen LogP contribution in [-0.4, -0.2) is 31.7 Å². The summed E-state index contributed by atoms with van der Waals surface area (Å²) >= 11 is 0. The van der Waals surface area contributed by atoms with E-state index in [1.54, 1.807) is 43.3 Å². The lowest BCUT2D eigenvalue weighted by molar-refractivity contribution is -0.143. The van der Waals surface area contributed by atoms with Gasteiger partial charge in [0.25, 0.3) is 5.56 Å². The van der Waals surface area contributed by atoms with Crippen molar-refractivity contribution in [2.45, 2.75) is 20.4 Å². The number of aryl methyl sites for hydroxylation is 1. The highest BCUT2D eigenvalue weighted by atomic mass is 16.5. The number of esters is 1. The smallest absolute Gasteiger partial charge is 0.351 e. The van der Waals surface area contributed by atoms with Gasteiger partial charge in [-0.15, -0.1) is 0 Å². The molecule has 146 valence electrons. The van der Waals surface area contributed by atoms with Crippen LogP contribution in [0.4, 0.5) is 0 Å². The van der Waals surface area contributed by atoms with Gasteiger partial charge in [-0.1, -0.05) is 42.0 Å². The Morgan fingerprint density at radius 2 is 1.79 bits per heavy atom. The van der Waals surface area contributed by atoms with Crippen molar-refractivity contribution < 1.29 is 9.53 Å². The number of nitrogens with zero attached hydrogens (tertiary/aromatic N) is 4. The highest BCUT2D eigenvalue weighted by Gasteiger charge is 2.17. The molecule has 0 radical (unpaired) electrons. The zero-order valence-corrected chi connectivity index (χ0v) is 16.0. The average Bonchev–Trinajstić information content (AvgIpc) is 2.72. The number of rotatable bonds is 4. The molecule has 0 bridgehead atoms. The van der Waals surface area contributed by atoms with E-state index in [1.165, 1.54) is 4.57 Å². The minimum absolute atomic E-state index is 0.0672. The van der Waals surface area contributed by atoms with E-state index >= 15 is 0 Å². The summed E-state index contributed by atoms with van der Waals surface area (Å²) in [5, 5.41) is 4.83. The Balaban J connectivity index is 2.03. The summed E-state index contributed by atoms with van der Waals surface area (Å²) < 4.78 is 7.33. The van der Waals surface area contributed by atoms with Crippen LogP contribution in [0.25, 0.3) is 27.8 Å². The van der Waals surface area contributed by atoms with Gasteiger partial charge in [-0.25, -0.2) is 4.79 Å². The fraction of sp³-hybridized carbons (Fsp3) is 0.190. The van der Waals surface area contributed by atoms with E-state index in [4.69, 9.17) is 4.74 Å². The predicted octanol–water partition coefficient (Wildman–Crippen LogP) is 1.94. The highest BCUT2D eigenvalue weighted by molar-refractivity contribution is 5.91. The first-order chi connectivity index (χ1) is 14.0. The zero-order valence-electron chi connectivity index (χ0n) is 16.0. The van der Waals surface area contributed by atoms with Crippen molar-refractivity contribution in [3.63, 3.8) is 0 Å². The van der Waals surface area contributed by atoms with Crippen LogP contribution in [0, 0.1) is 6.92 Å². The van der Waals surface area contributed by atoms with Crippen LogP contribution >= 0.6 is 0 Å². The predicted molar refractivity (Wildman–Crippen MR) is 108 cm³/mol. The molecular weight excluding hydrogens is 372 g/mol. The monoisotopic (exact) mass is 390 g/mol. The van der Waals surface area contributed by atoms with Crippen LogP contribution < -0.4 is 11.2 Å². The maximum Gasteiger partial charge on any atom is 0.351 e. The van der Waals surface area contributed by atoms with Crippen molar-refractivity contribution in [1.29, 1.82) is 0 Å². The van der Waals surface area contributed by atoms with Gasteiger partial charge < -0.3 is 4.74 Å². The van der Waals surface area contributed by atoms with E-state index in [-0.39, 0.29) is 24.5 Å². The van der Waals surface area contributed by atoms with Gasteiger partial charge in [0.15, 0.2) is 11.3 Å². The molecule has 29 heavy (non-hydrogen) atoms. The number of carbonyl (C=O) groups excluding carboxylic acids is 1. The Bertz CT molecular complexity index is 1350. The highest BCUT2D eigenvalue weighted by Crippen LogP contribution is 2.18. The lowest BCUT2D eigenvalue weighted by Gasteiger charge is -2.12. The van der Waals surface area contributed by atoms with Gasteiger partial charge >= 0.3 is 11.7 Å². The van der Waals surface area contributed by atoms with Crippen LogP contribution in [0.5, 0.6) is 0 Å². The van der Waals surface area contributed by atoms with Gasteiger partial charge in [0, 0.05) is 10.9 Å². The molecule has 2 heterocycles. The lowest BCUT2D eigenvalue weighted by Crippen LogP contribution is -2.34. The number of para-hydroxylation sites is 1. The molecule has 0 aliphatic heterocycles. The van der Waals surface area contributed by atoms with Crippen LogP contribution in [0.15, 0.2) is 58.1 Å². The quantitative estimate of drug-likeness (QED) is 0.390. The molecule has 0 aliphatic carbocycles. The minimum Gasteiger partial charge on any atom is -0.465 e. The van der Waals surface area contributed by atoms with Gasteiger partial charge in [0.1, 0.15) is 6.54 Å². The summed E-state index contributed by atoms with van der Waals surface area (Å²) in [6, 6.07) is 14.1. The van der Waals surface area contributed by atoms with Gasteiger partial charge in [-0.05, 0) is 26.0 Å². The third-order valence-corrected chi connectivity index (χ3v) is 4.58. The Hall–Kier alpha value is -3.81. The third-order valence-electron chi connectivity index (χ3n) is 4.58. The number of ether oxygens (including phenoxy) is 1. The summed E-state index contributed by atoms with van der Waals surface area (Å²) in [6.07, 6.45) is 0. The van der Waals surface area contributed by atoms with Crippen LogP contribution in [0.1, 0.15) is 12.5 Å². The van der Waals surface area contributed by atoms with E-state index in [2.05, 4.69) is 10.1 Å². The molecule has 8 nitrogen and oxygen atoms in total. The van der Waals surface area contributed by atoms with Crippen molar-refractivity contribution in [3.05, 3.63) is 74.9 Å². The molecule has 4 aromatic rings. The van der Waals surface area contributed by atoms with Crippen LogP contribution in [0.3, 0.4) is 0 Å². The van der Waals surface area contributed by atoms with E-state index in [0.717, 1.165) is 10.1 Å². The number of benzene rings is 2. The van der Waals surface area contributed by atoms with Crippen LogP contribution in [-0.2, 0) is 16.1 Å². The molecular formula is C21H18N4O4. The summed E-state index contributed by atoms with van der Waals surface area (Å²) in [6.45, 7) is 3.58. The van der Waals surface area contributed by atoms with E-state index in [1.807, 2.05) is 19.1 Å². The summed E-state index contributed by atoms with van der Waals surface area (Å²) in [4.78, 5) is 42.0. The van der Waals surface area contributed by atoms with Crippen LogP contribution in [0.2, 0.25) is 0 Å². The number of aromatic nitrogens is 4. The molecule has 0 saturated carbocycles. The number of hydrogen-bond donors (Lipinski definition) is 0. The second-order valence-electron chi connectivity index (χ2n) is 6.56. The first-order valence-corrected chi connectivity index (χ1v) is 9.15. The van der Waals surface area contributed by atoms with Crippen molar-refractivity contribution in [2.24, 2.45) is 0 Å². The standard InChI is InChI=1S/C21H18N4O4/c1-3-29-17(26)12-24-16-7-5-4-6-15(16)19-22-20(27)18(23-25(19)21(24)28)14-10-8-13(2)9-11-14/h4-11H,3,12H2,1-2H3. The summed E-state index contributed by atoms with van der Waals surface area (Å²) in [5.74, 6) is -0.535. The molecule has 0 atom stereocenters. The molecule has 2 aromatic heterocycles. The zero-order chi connectivity index (χ0) is 20.5. The Morgan fingerprint density at radius 3 is 2.52 bits per heavy atom. The molecule has 0 saturated heterocycles. The van der Waals surface area contributed by atoms with Crippen molar-refractivity contribution in [3.8, 4) is 11.3 Å². The molecule has 2 aromatic carbocycles. The Labute approximate surface area is 165 Å². The first-order valence-electron chi connectivity index (χ1n) is 9.15. The maximum absolute atomic E-state index is 13.1. The minimum atomic E-state index is -0.576. The molecule has 0 amide bonds. The second kappa shape index (κ2) is 7.31. The topological polar surface area (TPSA) is 95.6 Å². The number of hydrogen-bond acceptors (Lipinski definition) is 6. The maximum atomic E-state index is 13.1. The van der Waals surface area contributed by atoms with Gasteiger partial charge in [0.05, 0.1) is 12.1 Å². The Kier molecular flexibility index (Phi) is 4.67. The average molecular weight is 390 g/mol. The van der Waals surface area contributed by atoms with Crippen molar-refractivity contribution in [2.75, 3.05) is 6.61 Å². The summed E-state index contributed by atoms with van der Waals surface area (Å²) in [5.41, 5.74) is 1.18. The molecule has 8 heteroatoms. The fourth-order valence-electron chi connectivity index (χ4n) is 3.19. The van der Waals surface area contributed by atoms with Gasteiger partial charge in [-0.3, -0.25) is 14.2 Å². The van der Waals surface area contributed by atoms with Gasteiger partial charge in [-0.2, -0.15) is 14.6 Å². The third kappa shape index (κ3) is 3.29.